The molecule has 1 unspecified atom stereocenters. The third-order valence-electron chi connectivity index (χ3n) is 3.39. The van der Waals surface area contributed by atoms with Gasteiger partial charge in [0.25, 0.3) is 0 Å². The number of nitrogens with zero attached hydrogens (tertiary/aromatic N) is 2. The van der Waals surface area contributed by atoms with Gasteiger partial charge in [-0.3, -0.25) is 4.90 Å². The van der Waals surface area contributed by atoms with Crippen molar-refractivity contribution in [2.75, 3.05) is 60.5 Å². The number of rotatable bonds is 8. The molecule has 1 N–H and O–H groups in total. The van der Waals surface area contributed by atoms with Gasteiger partial charge in [-0.2, -0.15) is 0 Å². The maximum Gasteiger partial charge on any atom is 0.0630 e. The molecule has 1 fully saturated rings. The van der Waals surface area contributed by atoms with Crippen LogP contribution in [0.25, 0.3) is 0 Å². The van der Waals surface area contributed by atoms with Crippen molar-refractivity contribution in [2.24, 2.45) is 0 Å². The summed E-state index contributed by atoms with van der Waals surface area (Å²) in [4.78, 5) is 4.96. The van der Waals surface area contributed by atoms with Gasteiger partial charge in [0.05, 0.1) is 6.61 Å². The molecule has 0 saturated carbocycles. The molecule has 0 aromatic heterocycles. The van der Waals surface area contributed by atoms with Crippen molar-refractivity contribution in [1.82, 2.24) is 15.1 Å². The molecule has 0 amide bonds. The first-order chi connectivity index (χ1) is 7.77. The minimum Gasteiger partial charge on any atom is -0.383 e. The Morgan fingerprint density at radius 2 is 2.06 bits per heavy atom. The van der Waals surface area contributed by atoms with E-state index in [1.165, 1.54) is 32.5 Å². The SMILES string of the molecule is CNCC(COC)N(C)CCN1CCCC1. The Bertz CT molecular complexity index is 166. The Balaban J connectivity index is 2.21. The summed E-state index contributed by atoms with van der Waals surface area (Å²) in [7, 11) is 5.96. The smallest absolute Gasteiger partial charge is 0.0630 e. The second-order valence-electron chi connectivity index (χ2n) is 4.70. The van der Waals surface area contributed by atoms with Gasteiger partial charge in [0, 0.05) is 32.8 Å². The molecule has 16 heavy (non-hydrogen) atoms. The maximum absolute atomic E-state index is 5.25. The Labute approximate surface area is 99.9 Å². The largest absolute Gasteiger partial charge is 0.383 e. The normalized spacial score (nSPS) is 19.5. The molecular weight excluding hydrogens is 202 g/mol. The highest BCUT2D eigenvalue weighted by Crippen LogP contribution is 2.07. The topological polar surface area (TPSA) is 27.7 Å². The van der Waals surface area contributed by atoms with E-state index in [-0.39, 0.29) is 0 Å². The molecule has 0 spiro atoms. The Morgan fingerprint density at radius 3 is 2.62 bits per heavy atom. The van der Waals surface area contributed by atoms with Gasteiger partial charge in [0.15, 0.2) is 0 Å². The lowest BCUT2D eigenvalue weighted by molar-refractivity contribution is 0.100. The highest BCUT2D eigenvalue weighted by molar-refractivity contribution is 4.73. The van der Waals surface area contributed by atoms with E-state index in [4.69, 9.17) is 4.74 Å². The molecule has 0 aromatic carbocycles. The number of likely N-dealkylation sites (tertiary alicyclic amines) is 1. The lowest BCUT2D eigenvalue weighted by atomic mass is 10.2. The summed E-state index contributed by atoms with van der Waals surface area (Å²) in [5.74, 6) is 0. The van der Waals surface area contributed by atoms with Crippen LogP contribution in [-0.2, 0) is 4.74 Å². The molecule has 1 aliphatic heterocycles. The second kappa shape index (κ2) is 8.01. The third-order valence-corrected chi connectivity index (χ3v) is 3.39. The zero-order valence-electron chi connectivity index (χ0n) is 11.0. The molecule has 0 aromatic rings. The van der Waals surface area contributed by atoms with Crippen molar-refractivity contribution in [3.63, 3.8) is 0 Å². The summed E-state index contributed by atoms with van der Waals surface area (Å²) in [6, 6.07) is 0.484. The molecule has 0 bridgehead atoms. The van der Waals surface area contributed by atoms with Crippen LogP contribution in [0.1, 0.15) is 12.8 Å². The molecular formula is C12H27N3O. The van der Waals surface area contributed by atoms with Gasteiger partial charge in [-0.1, -0.05) is 0 Å². The van der Waals surface area contributed by atoms with Crippen molar-refractivity contribution in [3.8, 4) is 0 Å². The van der Waals surface area contributed by atoms with E-state index >= 15 is 0 Å². The van der Waals surface area contributed by atoms with Gasteiger partial charge < -0.3 is 15.0 Å². The van der Waals surface area contributed by atoms with Crippen molar-refractivity contribution in [3.05, 3.63) is 0 Å². The first kappa shape index (κ1) is 13.9. The quantitative estimate of drug-likeness (QED) is 0.646. The summed E-state index contributed by atoms with van der Waals surface area (Å²) in [5, 5.41) is 3.23. The first-order valence-electron chi connectivity index (χ1n) is 6.34. The third kappa shape index (κ3) is 4.78. The molecule has 1 saturated heterocycles. The zero-order chi connectivity index (χ0) is 11.8. The Hall–Kier alpha value is -0.160. The van der Waals surface area contributed by atoms with Crippen LogP contribution in [0.3, 0.4) is 0 Å². The molecule has 1 heterocycles. The van der Waals surface area contributed by atoms with Crippen LogP contribution in [0.5, 0.6) is 0 Å². The molecule has 1 aliphatic rings. The van der Waals surface area contributed by atoms with Gasteiger partial charge in [-0.25, -0.2) is 0 Å². The predicted molar refractivity (Wildman–Crippen MR) is 67.9 cm³/mol. The fraction of sp³-hybridized carbons (Fsp3) is 1.00. The molecule has 0 aliphatic carbocycles. The van der Waals surface area contributed by atoms with Crippen LogP contribution < -0.4 is 5.32 Å². The summed E-state index contributed by atoms with van der Waals surface area (Å²) in [5.41, 5.74) is 0. The number of likely N-dealkylation sites (N-methyl/N-ethyl adjacent to an activating group) is 2. The van der Waals surface area contributed by atoms with E-state index in [0.29, 0.717) is 6.04 Å². The number of nitrogens with one attached hydrogen (secondary N) is 1. The summed E-state index contributed by atoms with van der Waals surface area (Å²) in [6.45, 7) is 6.70. The maximum atomic E-state index is 5.25. The van der Waals surface area contributed by atoms with E-state index in [1.807, 2.05) is 7.05 Å². The van der Waals surface area contributed by atoms with Gasteiger partial charge in [0.1, 0.15) is 0 Å². The molecule has 4 nitrogen and oxygen atoms in total. The van der Waals surface area contributed by atoms with E-state index < -0.39 is 0 Å². The highest BCUT2D eigenvalue weighted by Gasteiger charge is 2.16. The molecule has 1 rings (SSSR count). The standard InChI is InChI=1S/C12H27N3O/c1-13-10-12(11-16-3)14(2)8-9-15-6-4-5-7-15/h12-13H,4-11H2,1-3H3. The van der Waals surface area contributed by atoms with E-state index in [0.717, 1.165) is 19.7 Å². The van der Waals surface area contributed by atoms with Crippen LogP contribution in [-0.4, -0.2) is 76.4 Å². The number of hydrogen-bond donors (Lipinski definition) is 1. The average molecular weight is 229 g/mol. The lowest BCUT2D eigenvalue weighted by Gasteiger charge is -2.29. The summed E-state index contributed by atoms with van der Waals surface area (Å²) in [6.07, 6.45) is 2.75. The number of ether oxygens (including phenoxy) is 1. The van der Waals surface area contributed by atoms with Crippen LogP contribution in [0.4, 0.5) is 0 Å². The zero-order valence-corrected chi connectivity index (χ0v) is 11.0. The fourth-order valence-corrected chi connectivity index (χ4v) is 2.26. The first-order valence-corrected chi connectivity index (χ1v) is 6.34. The molecule has 96 valence electrons. The van der Waals surface area contributed by atoms with Gasteiger partial charge in [0.2, 0.25) is 0 Å². The fourth-order valence-electron chi connectivity index (χ4n) is 2.26. The minimum absolute atomic E-state index is 0.484. The van der Waals surface area contributed by atoms with Gasteiger partial charge >= 0.3 is 0 Å². The van der Waals surface area contributed by atoms with Crippen molar-refractivity contribution in [2.45, 2.75) is 18.9 Å². The summed E-state index contributed by atoms with van der Waals surface area (Å²) < 4.78 is 5.25. The van der Waals surface area contributed by atoms with Crippen LogP contribution in [0, 0.1) is 0 Å². The Kier molecular flexibility index (Phi) is 6.96. The summed E-state index contributed by atoms with van der Waals surface area (Å²) >= 11 is 0. The Morgan fingerprint density at radius 1 is 1.38 bits per heavy atom. The molecule has 0 radical (unpaired) electrons. The lowest BCUT2D eigenvalue weighted by Crippen LogP contribution is -2.45. The average Bonchev–Trinajstić information content (AvgIpc) is 2.78. The molecule has 1 atom stereocenters. The van der Waals surface area contributed by atoms with E-state index in [2.05, 4.69) is 22.2 Å². The monoisotopic (exact) mass is 229 g/mol. The van der Waals surface area contributed by atoms with Crippen molar-refractivity contribution >= 4 is 0 Å². The second-order valence-corrected chi connectivity index (χ2v) is 4.70. The van der Waals surface area contributed by atoms with Gasteiger partial charge in [-0.15, -0.1) is 0 Å². The molecule has 4 heteroatoms. The number of hydrogen-bond acceptors (Lipinski definition) is 4. The van der Waals surface area contributed by atoms with E-state index in [9.17, 15) is 0 Å². The van der Waals surface area contributed by atoms with Gasteiger partial charge in [-0.05, 0) is 40.0 Å². The number of methoxy groups -OCH3 is 1. The van der Waals surface area contributed by atoms with Crippen LogP contribution in [0.15, 0.2) is 0 Å². The van der Waals surface area contributed by atoms with Crippen molar-refractivity contribution in [1.29, 1.82) is 0 Å². The predicted octanol–water partition coefficient (Wildman–Crippen LogP) is 0.248. The van der Waals surface area contributed by atoms with E-state index in [1.54, 1.807) is 7.11 Å². The van der Waals surface area contributed by atoms with Crippen LogP contribution >= 0.6 is 0 Å². The van der Waals surface area contributed by atoms with Crippen molar-refractivity contribution < 1.29 is 4.74 Å². The minimum atomic E-state index is 0.484. The highest BCUT2D eigenvalue weighted by atomic mass is 16.5. The van der Waals surface area contributed by atoms with Crippen LogP contribution in [0.2, 0.25) is 0 Å².